The molecule has 0 saturated carbocycles. The number of hydrogen-bond donors (Lipinski definition) is 1. The summed E-state index contributed by atoms with van der Waals surface area (Å²) < 4.78 is 55.9. The molecule has 0 spiro atoms. The molecule has 4 rings (SSSR count). The third-order valence-electron chi connectivity index (χ3n) is 4.70. The standard InChI is InChI=1S/C19H20N2O4S4/c1-2-16-8-10-19(27-16)28(22,23)20-15-7-9-17-14(13-15)5-3-11-21(17)29(24,25)18-6-4-12-26-18/h4,6-10,12-13,20H,2-3,5,11H2,1H3. The quantitative estimate of drug-likeness (QED) is 0.584. The van der Waals surface area contributed by atoms with E-state index in [1.54, 1.807) is 41.8 Å². The first-order valence-electron chi connectivity index (χ1n) is 9.12. The average Bonchev–Trinajstić information content (AvgIpc) is 3.39. The van der Waals surface area contributed by atoms with Gasteiger partial charge in [-0.15, -0.1) is 22.7 Å². The fraction of sp³-hybridized carbons (Fsp3) is 0.263. The highest BCUT2D eigenvalue weighted by Gasteiger charge is 2.30. The Morgan fingerprint density at radius 3 is 2.59 bits per heavy atom. The molecule has 0 bridgehead atoms. The van der Waals surface area contributed by atoms with Crippen LogP contribution in [0.3, 0.4) is 0 Å². The highest BCUT2D eigenvalue weighted by Crippen LogP contribution is 2.35. The van der Waals surface area contributed by atoms with Gasteiger partial charge in [0, 0.05) is 17.1 Å². The Kier molecular flexibility index (Phi) is 5.45. The van der Waals surface area contributed by atoms with Crippen LogP contribution in [0.25, 0.3) is 0 Å². The molecule has 0 amide bonds. The first kappa shape index (κ1) is 20.4. The molecule has 0 atom stereocenters. The average molecular weight is 469 g/mol. The molecule has 1 aliphatic rings. The van der Waals surface area contributed by atoms with Gasteiger partial charge < -0.3 is 0 Å². The van der Waals surface area contributed by atoms with Crippen molar-refractivity contribution in [2.75, 3.05) is 15.6 Å². The van der Waals surface area contributed by atoms with Crippen molar-refractivity contribution in [1.82, 2.24) is 0 Å². The fourth-order valence-corrected chi connectivity index (χ4v) is 8.28. The lowest BCUT2D eigenvalue weighted by atomic mass is 10.0. The van der Waals surface area contributed by atoms with Crippen molar-refractivity contribution in [1.29, 1.82) is 0 Å². The van der Waals surface area contributed by atoms with Gasteiger partial charge in [-0.1, -0.05) is 13.0 Å². The van der Waals surface area contributed by atoms with Crippen LogP contribution < -0.4 is 9.03 Å². The van der Waals surface area contributed by atoms with Crippen molar-refractivity contribution in [3.8, 4) is 0 Å². The maximum Gasteiger partial charge on any atom is 0.273 e. The third-order valence-corrected chi connectivity index (χ3v) is 11.0. The lowest BCUT2D eigenvalue weighted by molar-refractivity contribution is 0.588. The van der Waals surface area contributed by atoms with E-state index < -0.39 is 20.0 Å². The molecular formula is C19H20N2O4S4. The monoisotopic (exact) mass is 468 g/mol. The minimum absolute atomic E-state index is 0.272. The van der Waals surface area contributed by atoms with Crippen molar-refractivity contribution in [2.24, 2.45) is 0 Å². The Labute approximate surface area is 178 Å². The Bertz CT molecular complexity index is 1230. The number of benzene rings is 1. The third kappa shape index (κ3) is 3.94. The number of thiophene rings is 2. The first-order chi connectivity index (χ1) is 13.8. The Morgan fingerprint density at radius 2 is 1.90 bits per heavy atom. The Morgan fingerprint density at radius 1 is 1.07 bits per heavy atom. The topological polar surface area (TPSA) is 83.6 Å². The molecule has 154 valence electrons. The fourth-order valence-electron chi connectivity index (χ4n) is 3.29. The van der Waals surface area contributed by atoms with E-state index in [1.807, 2.05) is 13.0 Å². The van der Waals surface area contributed by atoms with Gasteiger partial charge in [0.15, 0.2) is 0 Å². The van der Waals surface area contributed by atoms with Gasteiger partial charge in [-0.2, -0.15) is 0 Å². The summed E-state index contributed by atoms with van der Waals surface area (Å²) in [6.45, 7) is 2.39. The largest absolute Gasteiger partial charge is 0.279 e. The van der Waals surface area contributed by atoms with Gasteiger partial charge in [-0.3, -0.25) is 9.03 Å². The van der Waals surface area contributed by atoms with Crippen LogP contribution in [0, 0.1) is 0 Å². The van der Waals surface area contributed by atoms with E-state index in [9.17, 15) is 16.8 Å². The van der Waals surface area contributed by atoms with Crippen molar-refractivity contribution < 1.29 is 16.8 Å². The first-order valence-corrected chi connectivity index (χ1v) is 13.7. The molecule has 2 aromatic heterocycles. The second-order valence-electron chi connectivity index (χ2n) is 6.64. The molecule has 10 heteroatoms. The molecule has 0 saturated heterocycles. The minimum Gasteiger partial charge on any atom is -0.279 e. The van der Waals surface area contributed by atoms with Crippen molar-refractivity contribution in [2.45, 2.75) is 34.6 Å². The van der Waals surface area contributed by atoms with Gasteiger partial charge in [-0.25, -0.2) is 16.8 Å². The number of nitrogens with zero attached hydrogens (tertiary/aromatic N) is 1. The van der Waals surface area contributed by atoms with Gasteiger partial charge >= 0.3 is 0 Å². The van der Waals surface area contributed by atoms with Crippen LogP contribution in [-0.2, 0) is 32.9 Å². The van der Waals surface area contributed by atoms with E-state index >= 15 is 0 Å². The van der Waals surface area contributed by atoms with Crippen LogP contribution in [0.5, 0.6) is 0 Å². The molecule has 3 aromatic rings. The summed E-state index contributed by atoms with van der Waals surface area (Å²) in [6, 6.07) is 11.8. The van der Waals surface area contributed by atoms with Crippen molar-refractivity contribution in [3.63, 3.8) is 0 Å². The number of hydrogen-bond acceptors (Lipinski definition) is 6. The highest BCUT2D eigenvalue weighted by atomic mass is 32.3. The molecule has 0 aliphatic carbocycles. The van der Waals surface area contributed by atoms with E-state index in [4.69, 9.17) is 0 Å². The van der Waals surface area contributed by atoms with E-state index in [0.29, 0.717) is 35.0 Å². The predicted octanol–water partition coefficient (Wildman–Crippen LogP) is 4.31. The summed E-state index contributed by atoms with van der Waals surface area (Å²) in [5, 5.41) is 1.74. The van der Waals surface area contributed by atoms with Gasteiger partial charge in [0.2, 0.25) is 0 Å². The smallest absolute Gasteiger partial charge is 0.273 e. The highest BCUT2D eigenvalue weighted by molar-refractivity contribution is 7.95. The van der Waals surface area contributed by atoms with Crippen LogP contribution in [0.4, 0.5) is 11.4 Å². The maximum absolute atomic E-state index is 13.0. The summed E-state index contributed by atoms with van der Waals surface area (Å²) in [5.41, 5.74) is 1.86. The molecule has 0 radical (unpaired) electrons. The maximum atomic E-state index is 13.0. The van der Waals surface area contributed by atoms with E-state index in [1.165, 1.54) is 27.0 Å². The zero-order valence-corrected chi connectivity index (χ0v) is 18.9. The molecule has 6 nitrogen and oxygen atoms in total. The van der Waals surface area contributed by atoms with Gasteiger partial charge in [0.1, 0.15) is 8.42 Å². The number of anilines is 2. The van der Waals surface area contributed by atoms with Crippen molar-refractivity contribution >= 4 is 54.1 Å². The van der Waals surface area contributed by atoms with Crippen LogP contribution in [0.1, 0.15) is 23.8 Å². The molecule has 0 fully saturated rings. The Balaban J connectivity index is 1.64. The second kappa shape index (κ2) is 7.75. The zero-order valence-electron chi connectivity index (χ0n) is 15.7. The summed E-state index contributed by atoms with van der Waals surface area (Å²) >= 11 is 2.44. The van der Waals surface area contributed by atoms with Crippen molar-refractivity contribution in [3.05, 3.63) is 58.3 Å². The number of nitrogens with one attached hydrogen (secondary N) is 1. The molecule has 29 heavy (non-hydrogen) atoms. The SMILES string of the molecule is CCc1ccc(S(=O)(=O)Nc2ccc3c(c2)CCCN3S(=O)(=O)c2cccs2)s1. The second-order valence-corrected chi connectivity index (χ2v) is 12.8. The van der Waals surface area contributed by atoms with E-state index in [-0.39, 0.29) is 4.21 Å². The molecule has 0 unspecified atom stereocenters. The number of fused-ring (bicyclic) bond motifs is 1. The predicted molar refractivity (Wildman–Crippen MR) is 118 cm³/mol. The minimum atomic E-state index is -3.67. The molecule has 1 aliphatic heterocycles. The molecular weight excluding hydrogens is 448 g/mol. The van der Waals surface area contributed by atoms with Gasteiger partial charge in [0.05, 0.1) is 5.69 Å². The van der Waals surface area contributed by atoms with E-state index in [2.05, 4.69) is 4.72 Å². The van der Waals surface area contributed by atoms with Crippen LogP contribution >= 0.6 is 22.7 Å². The summed E-state index contributed by atoms with van der Waals surface area (Å²) in [4.78, 5) is 1.00. The van der Waals surface area contributed by atoms with Crippen LogP contribution in [-0.4, -0.2) is 23.4 Å². The number of rotatable bonds is 6. The normalized spacial score (nSPS) is 14.6. The lowest BCUT2D eigenvalue weighted by Crippen LogP contribution is -2.35. The summed E-state index contributed by atoms with van der Waals surface area (Å²) in [7, 11) is -7.28. The van der Waals surface area contributed by atoms with E-state index in [0.717, 1.165) is 16.9 Å². The Hall–Kier alpha value is -1.88. The lowest BCUT2D eigenvalue weighted by Gasteiger charge is -2.30. The van der Waals surface area contributed by atoms with Crippen LogP contribution in [0.15, 0.2) is 56.3 Å². The zero-order chi connectivity index (χ0) is 20.6. The molecule has 3 heterocycles. The number of sulfonamides is 2. The summed E-state index contributed by atoms with van der Waals surface area (Å²) in [6.07, 6.45) is 2.16. The molecule has 1 N–H and O–H groups in total. The van der Waals surface area contributed by atoms with Crippen LogP contribution in [0.2, 0.25) is 0 Å². The van der Waals surface area contributed by atoms with Gasteiger partial charge in [-0.05, 0) is 66.6 Å². The van der Waals surface area contributed by atoms with Gasteiger partial charge in [0.25, 0.3) is 20.0 Å². The number of aryl methyl sites for hydroxylation is 2. The summed E-state index contributed by atoms with van der Waals surface area (Å²) in [5.74, 6) is 0. The molecule has 1 aromatic carbocycles.